The summed E-state index contributed by atoms with van der Waals surface area (Å²) in [6.45, 7) is 0. The van der Waals surface area contributed by atoms with Crippen molar-refractivity contribution in [3.05, 3.63) is 0 Å². The fraction of sp³-hybridized carbons (Fsp3) is 1.00. The normalized spacial score (nSPS) is 26.0. The summed E-state index contributed by atoms with van der Waals surface area (Å²) < 4.78 is 112. The molecule has 1 fully saturated rings. The molecule has 0 radical (unpaired) electrons. The monoisotopic (exact) mass is 332 g/mol. The van der Waals surface area contributed by atoms with Gasteiger partial charge in [-0.2, -0.15) is 39.5 Å². The summed E-state index contributed by atoms with van der Waals surface area (Å²) in [6.07, 6.45) is -20.0. The summed E-state index contributed by atoms with van der Waals surface area (Å²) in [4.78, 5) is 0. The summed E-state index contributed by atoms with van der Waals surface area (Å²) in [5.41, 5.74) is -4.87. The minimum Gasteiger partial charge on any atom is -0.373 e. The summed E-state index contributed by atoms with van der Waals surface area (Å²) in [6, 6.07) is 0. The van der Waals surface area contributed by atoms with Crippen LogP contribution in [-0.2, 0) is 0 Å². The molecule has 1 aliphatic rings. The van der Waals surface area contributed by atoms with Gasteiger partial charge in [0.25, 0.3) is 5.60 Å². The third-order valence-corrected chi connectivity index (χ3v) is 3.82. The molecule has 0 unspecified atom stereocenters. The van der Waals surface area contributed by atoms with Crippen molar-refractivity contribution >= 4 is 0 Å². The highest BCUT2D eigenvalue weighted by Gasteiger charge is 2.73. The molecule has 0 amide bonds. The van der Waals surface area contributed by atoms with Gasteiger partial charge in [0.15, 0.2) is 0 Å². The van der Waals surface area contributed by atoms with Gasteiger partial charge in [-0.25, -0.2) is 0 Å². The number of hydrogen-bond donors (Lipinski definition) is 1. The van der Waals surface area contributed by atoms with Crippen molar-refractivity contribution in [2.24, 2.45) is 11.8 Å². The van der Waals surface area contributed by atoms with E-state index in [1.165, 1.54) is 0 Å². The van der Waals surface area contributed by atoms with Crippen LogP contribution in [0.25, 0.3) is 0 Å². The Morgan fingerprint density at radius 2 is 1.10 bits per heavy atom. The van der Waals surface area contributed by atoms with Crippen LogP contribution in [0.1, 0.15) is 32.1 Å². The van der Waals surface area contributed by atoms with Crippen LogP contribution in [0.2, 0.25) is 0 Å². The van der Waals surface area contributed by atoms with E-state index in [0.717, 1.165) is 0 Å². The first-order chi connectivity index (χ1) is 9.18. The molecule has 1 N–H and O–H groups in total. The Labute approximate surface area is 114 Å². The predicted molar refractivity (Wildman–Crippen MR) is 53.2 cm³/mol. The first-order valence-electron chi connectivity index (χ1n) is 6.11. The zero-order chi connectivity index (χ0) is 16.7. The van der Waals surface area contributed by atoms with Crippen molar-refractivity contribution in [2.45, 2.75) is 56.2 Å². The maximum Gasteiger partial charge on any atom is 0.426 e. The topological polar surface area (TPSA) is 20.2 Å². The molecule has 0 aromatic rings. The van der Waals surface area contributed by atoms with E-state index in [1.807, 2.05) is 0 Å². The minimum absolute atomic E-state index is 0.432. The van der Waals surface area contributed by atoms with Gasteiger partial charge in [0.1, 0.15) is 0 Å². The number of rotatable bonds is 2. The molecule has 1 aliphatic carbocycles. The van der Waals surface area contributed by atoms with E-state index >= 15 is 0 Å². The molecule has 0 spiro atoms. The van der Waals surface area contributed by atoms with Gasteiger partial charge in [-0.3, -0.25) is 0 Å². The van der Waals surface area contributed by atoms with Gasteiger partial charge in [0.2, 0.25) is 0 Å². The molecule has 0 aliphatic heterocycles. The second-order valence-electron chi connectivity index (χ2n) is 5.30. The average molecular weight is 332 g/mol. The molecule has 126 valence electrons. The van der Waals surface area contributed by atoms with Crippen LogP contribution in [-0.4, -0.2) is 29.2 Å². The van der Waals surface area contributed by atoms with E-state index in [-0.39, 0.29) is 0 Å². The maximum atomic E-state index is 12.6. The van der Waals surface area contributed by atoms with E-state index in [2.05, 4.69) is 0 Å². The molecule has 0 aromatic heterocycles. The van der Waals surface area contributed by atoms with Crippen LogP contribution in [0.4, 0.5) is 39.5 Å². The Balaban J connectivity index is 2.83. The van der Waals surface area contributed by atoms with Crippen molar-refractivity contribution in [1.29, 1.82) is 0 Å². The average Bonchev–Trinajstić information content (AvgIpc) is 2.23. The summed E-state index contributed by atoms with van der Waals surface area (Å²) >= 11 is 0. The van der Waals surface area contributed by atoms with Gasteiger partial charge in [-0.15, -0.1) is 0 Å². The van der Waals surface area contributed by atoms with Gasteiger partial charge >= 0.3 is 18.5 Å². The highest BCUT2D eigenvalue weighted by molar-refractivity contribution is 5.00. The SMILES string of the molecule is OC(C1CCC(CC(F)(F)F)CC1)(C(F)(F)F)C(F)(F)F. The lowest BCUT2D eigenvalue weighted by molar-refractivity contribution is -0.387. The molecule has 0 bridgehead atoms. The van der Waals surface area contributed by atoms with Crippen molar-refractivity contribution in [3.8, 4) is 0 Å². The van der Waals surface area contributed by atoms with Crippen LogP contribution < -0.4 is 0 Å². The zero-order valence-corrected chi connectivity index (χ0v) is 10.5. The predicted octanol–water partition coefficient (Wildman–Crippen LogP) is 4.60. The molecule has 21 heavy (non-hydrogen) atoms. The van der Waals surface area contributed by atoms with E-state index in [1.54, 1.807) is 0 Å². The highest BCUT2D eigenvalue weighted by Crippen LogP contribution is 2.52. The standard InChI is InChI=1S/C11H13F9O/c12-8(13,14)5-6-1-3-7(4-2-6)9(21,10(15,16)17)11(18,19)20/h6-7,21H,1-5H2. The fourth-order valence-corrected chi connectivity index (χ4v) is 2.74. The summed E-state index contributed by atoms with van der Waals surface area (Å²) in [5.74, 6) is -3.19. The highest BCUT2D eigenvalue weighted by atomic mass is 19.4. The quantitative estimate of drug-likeness (QED) is 0.733. The number of aliphatic hydroxyl groups is 1. The first kappa shape index (κ1) is 18.4. The van der Waals surface area contributed by atoms with Crippen LogP contribution in [0.3, 0.4) is 0 Å². The Hall–Kier alpha value is -0.670. The molecular formula is C11H13F9O. The Morgan fingerprint density at radius 1 is 0.714 bits per heavy atom. The van der Waals surface area contributed by atoms with E-state index in [9.17, 15) is 39.5 Å². The Morgan fingerprint density at radius 3 is 1.38 bits per heavy atom. The smallest absolute Gasteiger partial charge is 0.373 e. The number of hydrogen-bond acceptors (Lipinski definition) is 1. The molecule has 1 saturated carbocycles. The van der Waals surface area contributed by atoms with Gasteiger partial charge < -0.3 is 5.11 Å². The van der Waals surface area contributed by atoms with Gasteiger partial charge in [0, 0.05) is 12.3 Å². The second-order valence-corrected chi connectivity index (χ2v) is 5.30. The lowest BCUT2D eigenvalue weighted by Gasteiger charge is -2.42. The van der Waals surface area contributed by atoms with Gasteiger partial charge in [-0.1, -0.05) is 0 Å². The van der Waals surface area contributed by atoms with Gasteiger partial charge in [-0.05, 0) is 31.6 Å². The van der Waals surface area contributed by atoms with E-state index in [0.29, 0.717) is 0 Å². The lowest BCUT2D eigenvalue weighted by atomic mass is 9.72. The molecule has 0 aromatic carbocycles. The maximum absolute atomic E-state index is 12.6. The Bertz CT molecular complexity index is 332. The van der Waals surface area contributed by atoms with Crippen molar-refractivity contribution in [1.82, 2.24) is 0 Å². The molecule has 1 rings (SSSR count). The van der Waals surface area contributed by atoms with Crippen molar-refractivity contribution < 1.29 is 44.6 Å². The largest absolute Gasteiger partial charge is 0.426 e. The summed E-state index contributed by atoms with van der Waals surface area (Å²) in [7, 11) is 0. The third-order valence-electron chi connectivity index (χ3n) is 3.82. The molecule has 1 nitrogen and oxygen atoms in total. The van der Waals surface area contributed by atoms with Crippen LogP contribution in [0, 0.1) is 11.8 Å². The fourth-order valence-electron chi connectivity index (χ4n) is 2.74. The van der Waals surface area contributed by atoms with Crippen molar-refractivity contribution in [3.63, 3.8) is 0 Å². The lowest BCUT2D eigenvalue weighted by Crippen LogP contribution is -2.62. The van der Waals surface area contributed by atoms with Crippen LogP contribution in [0.5, 0.6) is 0 Å². The minimum atomic E-state index is -5.92. The zero-order valence-electron chi connectivity index (χ0n) is 10.5. The molecule has 0 atom stereocenters. The van der Waals surface area contributed by atoms with Crippen LogP contribution >= 0.6 is 0 Å². The molecule has 10 heteroatoms. The summed E-state index contributed by atoms with van der Waals surface area (Å²) in [5, 5.41) is 9.16. The Kier molecular flexibility index (Phi) is 4.82. The van der Waals surface area contributed by atoms with Crippen molar-refractivity contribution in [2.75, 3.05) is 0 Å². The van der Waals surface area contributed by atoms with Gasteiger partial charge in [0.05, 0.1) is 0 Å². The van der Waals surface area contributed by atoms with E-state index in [4.69, 9.17) is 5.11 Å². The molecule has 0 saturated heterocycles. The second kappa shape index (κ2) is 5.51. The third kappa shape index (κ3) is 3.95. The number of halogens is 9. The molecular weight excluding hydrogens is 319 g/mol. The van der Waals surface area contributed by atoms with E-state index < -0.39 is 68.1 Å². The number of alkyl halides is 9. The first-order valence-corrected chi connectivity index (χ1v) is 6.11. The van der Waals surface area contributed by atoms with Crippen LogP contribution in [0.15, 0.2) is 0 Å². The molecule has 0 heterocycles.